The number of hydrogen-bond acceptors (Lipinski definition) is 1. The van der Waals surface area contributed by atoms with Gasteiger partial charge in [-0.1, -0.05) is 46.3 Å². The van der Waals surface area contributed by atoms with Gasteiger partial charge < -0.3 is 5.32 Å². The highest BCUT2D eigenvalue weighted by atomic mass is 79.9. The van der Waals surface area contributed by atoms with Gasteiger partial charge in [-0.15, -0.1) is 0 Å². The first-order chi connectivity index (χ1) is 9.74. The quantitative estimate of drug-likeness (QED) is 0.892. The highest BCUT2D eigenvalue weighted by Gasteiger charge is 2.21. The van der Waals surface area contributed by atoms with Crippen LogP contribution in [-0.2, 0) is 0 Å². The summed E-state index contributed by atoms with van der Waals surface area (Å²) in [5.41, 5.74) is 2.87. The number of halogens is 1. The minimum Gasteiger partial charge on any atom is -0.352 e. The molecular weight excluding hydrogens is 314 g/mol. The molecule has 20 heavy (non-hydrogen) atoms. The van der Waals surface area contributed by atoms with Gasteiger partial charge in [-0.2, -0.15) is 0 Å². The van der Waals surface area contributed by atoms with Crippen molar-refractivity contribution in [3.63, 3.8) is 0 Å². The fourth-order valence-electron chi connectivity index (χ4n) is 2.18. The number of rotatable bonds is 4. The van der Waals surface area contributed by atoms with Gasteiger partial charge in [0.1, 0.15) is 0 Å². The third-order valence-corrected chi connectivity index (χ3v) is 4.25. The lowest BCUT2D eigenvalue weighted by molar-refractivity contribution is 0.0952. The van der Waals surface area contributed by atoms with E-state index in [9.17, 15) is 4.79 Å². The number of benzene rings is 2. The molecule has 1 N–H and O–H groups in total. The van der Waals surface area contributed by atoms with Crippen LogP contribution in [0.1, 0.15) is 23.2 Å². The Balaban J connectivity index is 1.81. The molecule has 2 aromatic rings. The van der Waals surface area contributed by atoms with Gasteiger partial charge in [-0.05, 0) is 48.1 Å². The van der Waals surface area contributed by atoms with Crippen LogP contribution in [0.4, 0.5) is 0 Å². The van der Waals surface area contributed by atoms with Crippen molar-refractivity contribution in [3.8, 4) is 11.1 Å². The molecule has 0 aliphatic heterocycles. The number of carbonyl (C=O) groups excluding carboxylic acids is 1. The van der Waals surface area contributed by atoms with Crippen molar-refractivity contribution in [2.75, 3.05) is 6.54 Å². The maximum Gasteiger partial charge on any atom is 0.251 e. The molecule has 0 spiro atoms. The van der Waals surface area contributed by atoms with Gasteiger partial charge in [-0.3, -0.25) is 4.79 Å². The Hall–Kier alpha value is -1.61. The van der Waals surface area contributed by atoms with Crippen molar-refractivity contribution in [1.82, 2.24) is 5.32 Å². The number of carbonyl (C=O) groups is 1. The Kier molecular flexibility index (Phi) is 3.88. The molecule has 0 unspecified atom stereocenters. The zero-order chi connectivity index (χ0) is 13.9. The summed E-state index contributed by atoms with van der Waals surface area (Å²) in [6.07, 6.45) is 2.49. The molecule has 1 amide bonds. The van der Waals surface area contributed by atoms with Gasteiger partial charge in [0, 0.05) is 16.6 Å². The Morgan fingerprint density at radius 3 is 2.70 bits per heavy atom. The van der Waals surface area contributed by atoms with Crippen LogP contribution in [0.2, 0.25) is 0 Å². The summed E-state index contributed by atoms with van der Waals surface area (Å²) in [5.74, 6) is 0.719. The lowest BCUT2D eigenvalue weighted by atomic mass is 10.0. The van der Waals surface area contributed by atoms with Crippen molar-refractivity contribution in [1.29, 1.82) is 0 Å². The fraction of sp³-hybridized carbons (Fsp3) is 0.235. The minimum atomic E-state index is 0.0193. The van der Waals surface area contributed by atoms with E-state index in [1.807, 2.05) is 48.5 Å². The first kappa shape index (κ1) is 13.4. The molecule has 2 nitrogen and oxygen atoms in total. The molecular formula is C17H16BrNO. The zero-order valence-electron chi connectivity index (χ0n) is 11.1. The molecule has 2 aromatic carbocycles. The summed E-state index contributed by atoms with van der Waals surface area (Å²) in [4.78, 5) is 12.1. The van der Waals surface area contributed by atoms with E-state index in [0.29, 0.717) is 5.92 Å². The SMILES string of the molecule is O=C(NCC1CC1)c1cccc(-c2ccccc2Br)c1. The normalized spacial score (nSPS) is 14.1. The van der Waals surface area contributed by atoms with E-state index < -0.39 is 0 Å². The number of nitrogens with one attached hydrogen (secondary N) is 1. The van der Waals surface area contributed by atoms with E-state index >= 15 is 0 Å². The highest BCUT2D eigenvalue weighted by molar-refractivity contribution is 9.10. The lowest BCUT2D eigenvalue weighted by Gasteiger charge is -2.08. The Bertz CT molecular complexity index is 634. The second kappa shape index (κ2) is 5.80. The van der Waals surface area contributed by atoms with Gasteiger partial charge in [0.25, 0.3) is 5.91 Å². The van der Waals surface area contributed by atoms with Crippen molar-refractivity contribution >= 4 is 21.8 Å². The van der Waals surface area contributed by atoms with Gasteiger partial charge in [0.15, 0.2) is 0 Å². The standard InChI is InChI=1S/C17H16BrNO/c18-16-7-2-1-6-15(16)13-4-3-5-14(10-13)17(20)19-11-12-8-9-12/h1-7,10,12H,8-9,11H2,(H,19,20). The molecule has 1 saturated carbocycles. The Labute approximate surface area is 127 Å². The summed E-state index contributed by atoms with van der Waals surface area (Å²) >= 11 is 3.55. The molecule has 1 aliphatic rings. The van der Waals surface area contributed by atoms with Gasteiger partial charge in [-0.25, -0.2) is 0 Å². The predicted molar refractivity (Wildman–Crippen MR) is 84.6 cm³/mol. The van der Waals surface area contributed by atoms with E-state index in [4.69, 9.17) is 0 Å². The van der Waals surface area contributed by atoms with Crippen LogP contribution < -0.4 is 5.32 Å². The fourth-order valence-corrected chi connectivity index (χ4v) is 2.70. The van der Waals surface area contributed by atoms with Crippen LogP contribution in [0.3, 0.4) is 0 Å². The van der Waals surface area contributed by atoms with Crippen LogP contribution in [0.25, 0.3) is 11.1 Å². The number of amides is 1. The van der Waals surface area contributed by atoms with Gasteiger partial charge >= 0.3 is 0 Å². The molecule has 0 aromatic heterocycles. The molecule has 0 heterocycles. The van der Waals surface area contributed by atoms with Gasteiger partial charge in [0.05, 0.1) is 0 Å². The maximum atomic E-state index is 12.1. The smallest absolute Gasteiger partial charge is 0.251 e. The van der Waals surface area contributed by atoms with E-state index in [-0.39, 0.29) is 5.91 Å². The molecule has 0 saturated heterocycles. The predicted octanol–water partition coefficient (Wildman–Crippen LogP) is 4.26. The van der Waals surface area contributed by atoms with E-state index in [0.717, 1.165) is 27.7 Å². The molecule has 0 radical (unpaired) electrons. The van der Waals surface area contributed by atoms with E-state index in [1.54, 1.807) is 0 Å². The summed E-state index contributed by atoms with van der Waals surface area (Å²) < 4.78 is 1.04. The summed E-state index contributed by atoms with van der Waals surface area (Å²) in [6.45, 7) is 0.804. The molecule has 0 bridgehead atoms. The lowest BCUT2D eigenvalue weighted by Crippen LogP contribution is -2.25. The summed E-state index contributed by atoms with van der Waals surface area (Å²) in [6, 6.07) is 15.8. The molecule has 102 valence electrons. The number of hydrogen-bond donors (Lipinski definition) is 1. The first-order valence-corrected chi connectivity index (χ1v) is 7.66. The Morgan fingerprint density at radius 1 is 1.15 bits per heavy atom. The largest absolute Gasteiger partial charge is 0.352 e. The maximum absolute atomic E-state index is 12.1. The van der Waals surface area contributed by atoms with Crippen LogP contribution in [-0.4, -0.2) is 12.5 Å². The second-order valence-electron chi connectivity index (χ2n) is 5.21. The van der Waals surface area contributed by atoms with Crippen LogP contribution in [0.15, 0.2) is 53.0 Å². The molecule has 1 aliphatic carbocycles. The van der Waals surface area contributed by atoms with Gasteiger partial charge in [0.2, 0.25) is 0 Å². The van der Waals surface area contributed by atoms with Crippen molar-refractivity contribution in [3.05, 3.63) is 58.6 Å². The average Bonchev–Trinajstić information content (AvgIpc) is 3.29. The van der Waals surface area contributed by atoms with E-state index in [2.05, 4.69) is 21.2 Å². The average molecular weight is 330 g/mol. The molecule has 0 atom stereocenters. The minimum absolute atomic E-state index is 0.0193. The third kappa shape index (κ3) is 3.10. The van der Waals surface area contributed by atoms with Crippen LogP contribution in [0, 0.1) is 5.92 Å². The van der Waals surface area contributed by atoms with Crippen molar-refractivity contribution in [2.45, 2.75) is 12.8 Å². The van der Waals surface area contributed by atoms with Crippen LogP contribution >= 0.6 is 15.9 Å². The topological polar surface area (TPSA) is 29.1 Å². The third-order valence-electron chi connectivity index (χ3n) is 3.56. The zero-order valence-corrected chi connectivity index (χ0v) is 12.7. The van der Waals surface area contributed by atoms with E-state index in [1.165, 1.54) is 12.8 Å². The molecule has 3 heteroatoms. The second-order valence-corrected chi connectivity index (χ2v) is 6.07. The monoisotopic (exact) mass is 329 g/mol. The summed E-state index contributed by atoms with van der Waals surface area (Å²) in [5, 5.41) is 3.00. The molecule has 1 fully saturated rings. The highest BCUT2D eigenvalue weighted by Crippen LogP contribution is 2.29. The van der Waals surface area contributed by atoms with Crippen molar-refractivity contribution in [2.24, 2.45) is 5.92 Å². The summed E-state index contributed by atoms with van der Waals surface area (Å²) in [7, 11) is 0. The van der Waals surface area contributed by atoms with Crippen LogP contribution in [0.5, 0.6) is 0 Å². The Morgan fingerprint density at radius 2 is 1.95 bits per heavy atom. The molecule has 3 rings (SSSR count). The first-order valence-electron chi connectivity index (χ1n) is 6.87. The van der Waals surface area contributed by atoms with Crippen molar-refractivity contribution < 1.29 is 4.79 Å².